The van der Waals surface area contributed by atoms with Crippen LogP contribution in [0, 0.1) is 0 Å². The summed E-state index contributed by atoms with van der Waals surface area (Å²) in [7, 11) is -3.80. The zero-order valence-electron chi connectivity index (χ0n) is 14.5. The van der Waals surface area contributed by atoms with Crippen LogP contribution in [-0.4, -0.2) is 58.0 Å². The minimum absolute atomic E-state index is 0.0777. The number of amides is 1. The number of carbonyl (C=O) groups excluding carboxylic acids is 1. The van der Waals surface area contributed by atoms with E-state index in [-0.39, 0.29) is 17.1 Å². The molecule has 2 aromatic heterocycles. The molecule has 10 heteroatoms. The summed E-state index contributed by atoms with van der Waals surface area (Å²) >= 11 is 1.72. The second-order valence-corrected chi connectivity index (χ2v) is 8.84. The highest BCUT2D eigenvalue weighted by atomic mass is 32.2. The maximum atomic E-state index is 13.0. The van der Waals surface area contributed by atoms with Crippen molar-refractivity contribution in [1.29, 1.82) is 0 Å². The normalized spacial score (nSPS) is 15.7. The van der Waals surface area contributed by atoms with E-state index in [9.17, 15) is 13.2 Å². The number of rotatable bonds is 6. The van der Waals surface area contributed by atoms with Crippen molar-refractivity contribution in [3.8, 4) is 0 Å². The summed E-state index contributed by atoms with van der Waals surface area (Å²) in [4.78, 5) is 16.6. The largest absolute Gasteiger partial charge is 0.348 e. The molecular formula is C16H21N5O3S2. The minimum Gasteiger partial charge on any atom is -0.348 e. The topological polar surface area (TPSA) is 97.2 Å². The first-order valence-electron chi connectivity index (χ1n) is 8.35. The lowest BCUT2D eigenvalue weighted by Gasteiger charge is -2.24. The van der Waals surface area contributed by atoms with E-state index in [0.29, 0.717) is 19.6 Å². The van der Waals surface area contributed by atoms with E-state index in [1.165, 1.54) is 15.2 Å². The van der Waals surface area contributed by atoms with E-state index in [4.69, 9.17) is 0 Å². The average molecular weight is 396 g/mol. The van der Waals surface area contributed by atoms with Crippen LogP contribution in [0.1, 0.15) is 22.8 Å². The lowest BCUT2D eigenvalue weighted by atomic mass is 10.2. The molecule has 1 N–H and O–H groups in total. The Morgan fingerprint density at radius 2 is 2.12 bits per heavy atom. The van der Waals surface area contributed by atoms with Crippen LogP contribution in [0.3, 0.4) is 0 Å². The van der Waals surface area contributed by atoms with E-state index in [1.807, 2.05) is 13.0 Å². The third-order valence-electron chi connectivity index (χ3n) is 4.03. The number of nitrogens with one attached hydrogen (secondary N) is 1. The summed E-state index contributed by atoms with van der Waals surface area (Å²) in [5.41, 5.74) is 0.912. The van der Waals surface area contributed by atoms with Crippen LogP contribution in [0.5, 0.6) is 0 Å². The number of carbonyl (C=O) groups is 1. The van der Waals surface area contributed by atoms with E-state index in [0.717, 1.165) is 17.1 Å². The van der Waals surface area contributed by atoms with E-state index in [2.05, 4.69) is 15.4 Å². The van der Waals surface area contributed by atoms with Gasteiger partial charge in [0.1, 0.15) is 0 Å². The van der Waals surface area contributed by atoms with Gasteiger partial charge in [0.25, 0.3) is 15.9 Å². The van der Waals surface area contributed by atoms with Crippen molar-refractivity contribution in [2.75, 3.05) is 24.6 Å². The highest BCUT2D eigenvalue weighted by Gasteiger charge is 2.33. The molecule has 0 aliphatic carbocycles. The molecule has 0 atom stereocenters. The van der Waals surface area contributed by atoms with E-state index < -0.39 is 15.9 Å². The summed E-state index contributed by atoms with van der Waals surface area (Å²) in [5.74, 6) is 1.03. The van der Waals surface area contributed by atoms with Crippen LogP contribution in [0.15, 0.2) is 35.7 Å². The molecule has 0 spiro atoms. The van der Waals surface area contributed by atoms with Crippen molar-refractivity contribution in [2.24, 2.45) is 0 Å². The molecule has 1 aliphatic heterocycles. The monoisotopic (exact) mass is 395 g/mol. The van der Waals surface area contributed by atoms with Crippen molar-refractivity contribution in [1.82, 2.24) is 24.4 Å². The fraction of sp³-hybridized carbons (Fsp3) is 0.438. The molecule has 1 saturated heterocycles. The van der Waals surface area contributed by atoms with Crippen LogP contribution < -0.4 is 5.32 Å². The summed E-state index contributed by atoms with van der Waals surface area (Å²) in [6, 6.07) is 3.62. The van der Waals surface area contributed by atoms with Gasteiger partial charge < -0.3 is 5.32 Å². The Balaban J connectivity index is 1.84. The molecule has 0 saturated carbocycles. The zero-order valence-corrected chi connectivity index (χ0v) is 16.1. The number of nitrogens with zero attached hydrogens (tertiary/aromatic N) is 4. The minimum atomic E-state index is -3.80. The number of hydrogen-bond acceptors (Lipinski definition) is 6. The van der Waals surface area contributed by atoms with Gasteiger partial charge in [0, 0.05) is 56.3 Å². The van der Waals surface area contributed by atoms with Crippen LogP contribution in [-0.2, 0) is 23.1 Å². The predicted molar refractivity (Wildman–Crippen MR) is 99.4 cm³/mol. The van der Waals surface area contributed by atoms with E-state index >= 15 is 0 Å². The summed E-state index contributed by atoms with van der Waals surface area (Å²) < 4.78 is 28.8. The van der Waals surface area contributed by atoms with Crippen LogP contribution in [0.4, 0.5) is 0 Å². The molecule has 140 valence electrons. The van der Waals surface area contributed by atoms with Crippen LogP contribution >= 0.6 is 11.8 Å². The molecule has 26 heavy (non-hydrogen) atoms. The number of aryl methyl sites for hydroxylation is 1. The maximum Gasteiger partial charge on any atom is 0.263 e. The number of pyridine rings is 1. The Morgan fingerprint density at radius 3 is 2.77 bits per heavy atom. The number of sulfonamides is 1. The molecule has 0 aromatic carbocycles. The summed E-state index contributed by atoms with van der Waals surface area (Å²) in [6.45, 7) is 3.46. The maximum absolute atomic E-state index is 13.0. The molecule has 0 bridgehead atoms. The molecule has 3 rings (SSSR count). The predicted octanol–water partition coefficient (Wildman–Crippen LogP) is 0.966. The van der Waals surface area contributed by atoms with Gasteiger partial charge in [-0.15, -0.1) is 0 Å². The first kappa shape index (κ1) is 18.9. The molecule has 3 heterocycles. The molecule has 2 aromatic rings. The van der Waals surface area contributed by atoms with E-state index in [1.54, 1.807) is 30.2 Å². The zero-order chi connectivity index (χ0) is 18.6. The Hall–Kier alpha value is -1.91. The van der Waals surface area contributed by atoms with Crippen molar-refractivity contribution in [2.45, 2.75) is 25.0 Å². The lowest BCUT2D eigenvalue weighted by Crippen LogP contribution is -2.39. The van der Waals surface area contributed by atoms with Crippen LogP contribution in [0.2, 0.25) is 0 Å². The van der Waals surface area contributed by atoms with Crippen molar-refractivity contribution in [3.63, 3.8) is 0 Å². The molecule has 0 radical (unpaired) electrons. The second-order valence-electron chi connectivity index (χ2n) is 5.76. The summed E-state index contributed by atoms with van der Waals surface area (Å²) in [6.07, 6.45) is 4.79. The smallest absolute Gasteiger partial charge is 0.263 e. The Morgan fingerprint density at radius 1 is 1.35 bits per heavy atom. The van der Waals surface area contributed by atoms with Gasteiger partial charge in [-0.05, 0) is 18.6 Å². The van der Waals surface area contributed by atoms with Crippen molar-refractivity contribution < 1.29 is 13.2 Å². The molecular weight excluding hydrogens is 374 g/mol. The molecule has 8 nitrogen and oxygen atoms in total. The molecule has 0 unspecified atom stereocenters. The van der Waals surface area contributed by atoms with Gasteiger partial charge in [-0.25, -0.2) is 8.42 Å². The van der Waals surface area contributed by atoms with Gasteiger partial charge >= 0.3 is 0 Å². The average Bonchev–Trinajstić information content (AvgIpc) is 3.13. The quantitative estimate of drug-likeness (QED) is 0.783. The fourth-order valence-electron chi connectivity index (χ4n) is 2.60. The molecule has 1 aliphatic rings. The first-order valence-corrected chi connectivity index (χ1v) is 10.9. The van der Waals surface area contributed by atoms with Crippen molar-refractivity contribution >= 4 is 27.7 Å². The molecule has 1 amide bonds. The number of thioether (sulfide) groups is 1. The van der Waals surface area contributed by atoms with Gasteiger partial charge in [-0.3, -0.25) is 14.5 Å². The highest BCUT2D eigenvalue weighted by molar-refractivity contribution is 7.99. The number of hydrogen-bond donors (Lipinski definition) is 1. The Labute approximate surface area is 157 Å². The van der Waals surface area contributed by atoms with Crippen LogP contribution in [0.25, 0.3) is 0 Å². The highest BCUT2D eigenvalue weighted by Crippen LogP contribution is 2.22. The Bertz CT molecular complexity index is 861. The Kier molecular flexibility index (Phi) is 5.94. The van der Waals surface area contributed by atoms with Gasteiger partial charge in [-0.1, -0.05) is 6.07 Å². The van der Waals surface area contributed by atoms with Gasteiger partial charge in [0.05, 0.1) is 5.56 Å². The molecule has 1 fully saturated rings. The standard InChI is InChI=1S/C16H21N5O3S2/c1-2-20-12-14(15(22)18-11-13-4-3-5-17-10-13)16(19-20)26(23,24)21-6-8-25-9-7-21/h3-5,10,12H,2,6-9,11H2,1H3,(H,18,22). The third-order valence-corrected chi connectivity index (χ3v) is 6.80. The van der Waals surface area contributed by atoms with Gasteiger partial charge in [0.2, 0.25) is 5.03 Å². The second kappa shape index (κ2) is 8.19. The van der Waals surface area contributed by atoms with Gasteiger partial charge in [-0.2, -0.15) is 21.2 Å². The lowest BCUT2D eigenvalue weighted by molar-refractivity contribution is 0.0947. The van der Waals surface area contributed by atoms with Gasteiger partial charge in [0.15, 0.2) is 0 Å². The number of aromatic nitrogens is 3. The fourth-order valence-corrected chi connectivity index (χ4v) is 5.27. The SMILES string of the molecule is CCn1cc(C(=O)NCc2cccnc2)c(S(=O)(=O)N2CCSCC2)n1. The first-order chi connectivity index (χ1) is 12.5. The third kappa shape index (κ3) is 4.08. The summed E-state index contributed by atoms with van der Waals surface area (Å²) in [5, 5.41) is 6.74. The van der Waals surface area contributed by atoms with Crippen molar-refractivity contribution in [3.05, 3.63) is 41.9 Å².